The van der Waals surface area contributed by atoms with E-state index in [4.69, 9.17) is 9.72 Å². The minimum atomic E-state index is 0.592. The Bertz CT molecular complexity index is 594. The van der Waals surface area contributed by atoms with Gasteiger partial charge in [-0.1, -0.05) is 6.92 Å². The van der Waals surface area contributed by atoms with Crippen LogP contribution in [0.1, 0.15) is 27.9 Å². The van der Waals surface area contributed by atoms with Gasteiger partial charge in [-0.15, -0.1) is 22.7 Å². The summed E-state index contributed by atoms with van der Waals surface area (Å²) in [7, 11) is 1.73. The zero-order valence-electron chi connectivity index (χ0n) is 12.5. The Hall–Kier alpha value is -0.950. The van der Waals surface area contributed by atoms with E-state index >= 15 is 0 Å². The first-order chi connectivity index (χ1) is 10.3. The van der Waals surface area contributed by atoms with Crippen molar-refractivity contribution in [2.75, 3.05) is 25.1 Å². The predicted octanol–water partition coefficient (Wildman–Crippen LogP) is 3.02. The van der Waals surface area contributed by atoms with E-state index in [1.165, 1.54) is 15.3 Å². The summed E-state index contributed by atoms with van der Waals surface area (Å²) in [5.41, 5.74) is 2.54. The van der Waals surface area contributed by atoms with Gasteiger partial charge in [0.05, 0.1) is 12.3 Å². The average Bonchev–Trinajstić information content (AvgIpc) is 3.11. The first kappa shape index (κ1) is 15.0. The molecular weight excluding hydrogens is 302 g/mol. The number of rotatable bonds is 6. The minimum absolute atomic E-state index is 0.592. The van der Waals surface area contributed by atoms with Crippen LogP contribution in [0, 0.1) is 0 Å². The molecule has 2 aromatic heterocycles. The fraction of sp³-hybridized carbons (Fsp3) is 0.533. The van der Waals surface area contributed by atoms with Crippen molar-refractivity contribution in [3.8, 4) is 0 Å². The molecule has 114 valence electrons. The van der Waals surface area contributed by atoms with E-state index in [-0.39, 0.29) is 0 Å². The van der Waals surface area contributed by atoms with Gasteiger partial charge in [0, 0.05) is 36.5 Å². The number of ether oxygens (including phenoxy) is 1. The summed E-state index contributed by atoms with van der Waals surface area (Å²) in [6.07, 6.45) is 1.13. The number of thiophene rings is 1. The molecule has 1 N–H and O–H groups in total. The zero-order valence-corrected chi connectivity index (χ0v) is 14.1. The fourth-order valence-corrected chi connectivity index (χ4v) is 4.49. The van der Waals surface area contributed by atoms with Crippen LogP contribution in [-0.2, 0) is 30.9 Å². The van der Waals surface area contributed by atoms with Crippen molar-refractivity contribution in [1.29, 1.82) is 0 Å². The van der Waals surface area contributed by atoms with Gasteiger partial charge in [0.15, 0.2) is 5.13 Å². The molecule has 0 saturated carbocycles. The van der Waals surface area contributed by atoms with Crippen LogP contribution in [0.15, 0.2) is 11.4 Å². The van der Waals surface area contributed by atoms with E-state index in [2.05, 4.69) is 28.6 Å². The van der Waals surface area contributed by atoms with E-state index in [1.807, 2.05) is 11.3 Å². The van der Waals surface area contributed by atoms with Gasteiger partial charge in [0.1, 0.15) is 0 Å². The molecule has 0 atom stereocenters. The molecule has 1 aliphatic rings. The molecule has 3 heterocycles. The Kier molecular flexibility index (Phi) is 4.90. The van der Waals surface area contributed by atoms with E-state index in [9.17, 15) is 0 Å². The summed E-state index contributed by atoms with van der Waals surface area (Å²) < 4.78 is 5.29. The topological polar surface area (TPSA) is 37.4 Å². The van der Waals surface area contributed by atoms with Gasteiger partial charge in [-0.25, -0.2) is 4.98 Å². The second-order valence-electron chi connectivity index (χ2n) is 5.12. The number of thiazole rings is 1. The van der Waals surface area contributed by atoms with Crippen LogP contribution in [0.2, 0.25) is 0 Å². The predicted molar refractivity (Wildman–Crippen MR) is 89.3 cm³/mol. The molecule has 1 aliphatic heterocycles. The van der Waals surface area contributed by atoms with Crippen LogP contribution in [0.4, 0.5) is 5.13 Å². The van der Waals surface area contributed by atoms with Gasteiger partial charge in [-0.05, 0) is 30.0 Å². The van der Waals surface area contributed by atoms with Crippen LogP contribution in [-0.4, -0.2) is 25.2 Å². The molecule has 0 amide bonds. The Morgan fingerprint density at radius 1 is 1.48 bits per heavy atom. The number of nitrogens with one attached hydrogen (secondary N) is 1. The number of fused-ring (bicyclic) bond motifs is 1. The first-order valence-electron chi connectivity index (χ1n) is 7.30. The van der Waals surface area contributed by atoms with E-state index in [0.29, 0.717) is 6.61 Å². The summed E-state index contributed by atoms with van der Waals surface area (Å²) in [6.45, 7) is 6.62. The van der Waals surface area contributed by atoms with Crippen molar-refractivity contribution < 1.29 is 4.74 Å². The Morgan fingerprint density at radius 2 is 2.38 bits per heavy atom. The number of nitrogens with zero attached hydrogens (tertiary/aromatic N) is 2. The summed E-state index contributed by atoms with van der Waals surface area (Å²) in [6, 6.07) is 2.25. The molecule has 0 fully saturated rings. The van der Waals surface area contributed by atoms with Crippen molar-refractivity contribution in [3.63, 3.8) is 0 Å². The molecular formula is C15H21N3OS2. The smallest absolute Gasteiger partial charge is 0.186 e. The first-order valence-corrected chi connectivity index (χ1v) is 8.99. The van der Waals surface area contributed by atoms with E-state index < -0.39 is 0 Å². The Labute approximate surface area is 133 Å². The van der Waals surface area contributed by atoms with Crippen molar-refractivity contribution in [3.05, 3.63) is 32.5 Å². The number of methoxy groups -OCH3 is 1. The third-order valence-corrected chi connectivity index (χ3v) is 5.84. The third-order valence-electron chi connectivity index (χ3n) is 3.66. The van der Waals surface area contributed by atoms with Crippen LogP contribution in [0.25, 0.3) is 0 Å². The van der Waals surface area contributed by atoms with Crippen LogP contribution >= 0.6 is 22.7 Å². The maximum absolute atomic E-state index is 5.29. The lowest BCUT2D eigenvalue weighted by atomic mass is 10.1. The average molecular weight is 323 g/mol. The lowest BCUT2D eigenvalue weighted by molar-refractivity contribution is 0.181. The molecule has 4 nitrogen and oxygen atoms in total. The molecule has 0 unspecified atom stereocenters. The normalized spacial score (nSPS) is 14.5. The highest BCUT2D eigenvalue weighted by Gasteiger charge is 2.21. The van der Waals surface area contributed by atoms with Crippen molar-refractivity contribution in [2.24, 2.45) is 0 Å². The number of hydrogen-bond acceptors (Lipinski definition) is 6. The highest BCUT2D eigenvalue weighted by Crippen LogP contribution is 2.32. The van der Waals surface area contributed by atoms with Crippen molar-refractivity contribution >= 4 is 27.8 Å². The summed E-state index contributed by atoms with van der Waals surface area (Å²) in [5, 5.41) is 6.72. The molecule has 0 saturated heterocycles. The van der Waals surface area contributed by atoms with Gasteiger partial charge in [0.2, 0.25) is 0 Å². The molecule has 6 heteroatoms. The summed E-state index contributed by atoms with van der Waals surface area (Å²) in [4.78, 5) is 10.0. The second kappa shape index (κ2) is 6.87. The molecule has 0 aromatic carbocycles. The maximum Gasteiger partial charge on any atom is 0.186 e. The zero-order chi connectivity index (χ0) is 14.7. The Balaban J connectivity index is 1.79. The molecule has 0 spiro atoms. The molecule has 21 heavy (non-hydrogen) atoms. The minimum Gasteiger partial charge on any atom is -0.378 e. The summed E-state index contributed by atoms with van der Waals surface area (Å²) in [5.74, 6) is 0. The highest BCUT2D eigenvalue weighted by atomic mass is 32.1. The van der Waals surface area contributed by atoms with Gasteiger partial charge >= 0.3 is 0 Å². The standard InChI is InChI=1S/C15H21N3OS2/c1-3-16-8-14-12(10-19-2)17-15(21-14)18-6-4-13-11(9-18)5-7-20-13/h5,7,16H,3-4,6,8-10H2,1-2H3. The molecule has 3 rings (SSSR count). The Morgan fingerprint density at radius 3 is 3.19 bits per heavy atom. The van der Waals surface area contributed by atoms with E-state index in [0.717, 1.165) is 43.4 Å². The highest BCUT2D eigenvalue weighted by molar-refractivity contribution is 7.15. The van der Waals surface area contributed by atoms with Crippen LogP contribution in [0.5, 0.6) is 0 Å². The van der Waals surface area contributed by atoms with Gasteiger partial charge < -0.3 is 15.0 Å². The SMILES string of the molecule is CCNCc1sc(N2CCc3sccc3C2)nc1COC. The third kappa shape index (κ3) is 3.29. The molecule has 0 bridgehead atoms. The fourth-order valence-electron chi connectivity index (χ4n) is 2.54. The lowest BCUT2D eigenvalue weighted by Gasteiger charge is -2.26. The van der Waals surface area contributed by atoms with E-state index in [1.54, 1.807) is 18.4 Å². The largest absolute Gasteiger partial charge is 0.378 e. The number of anilines is 1. The van der Waals surface area contributed by atoms with Crippen LogP contribution < -0.4 is 10.2 Å². The number of hydrogen-bond donors (Lipinski definition) is 1. The molecule has 0 radical (unpaired) electrons. The van der Waals surface area contributed by atoms with Gasteiger partial charge in [0.25, 0.3) is 0 Å². The van der Waals surface area contributed by atoms with Crippen molar-refractivity contribution in [1.82, 2.24) is 10.3 Å². The lowest BCUT2D eigenvalue weighted by Crippen LogP contribution is -2.29. The maximum atomic E-state index is 5.29. The second-order valence-corrected chi connectivity index (χ2v) is 7.18. The molecule has 0 aliphatic carbocycles. The van der Waals surface area contributed by atoms with Gasteiger partial charge in [-0.3, -0.25) is 0 Å². The van der Waals surface area contributed by atoms with Gasteiger partial charge in [-0.2, -0.15) is 0 Å². The van der Waals surface area contributed by atoms with Crippen molar-refractivity contribution in [2.45, 2.75) is 33.0 Å². The quantitative estimate of drug-likeness (QED) is 0.887. The number of aromatic nitrogens is 1. The van der Waals surface area contributed by atoms with Crippen LogP contribution in [0.3, 0.4) is 0 Å². The molecule has 2 aromatic rings. The monoisotopic (exact) mass is 323 g/mol. The summed E-state index contributed by atoms with van der Waals surface area (Å²) >= 11 is 3.68.